The number of H-pyrrole nitrogens is 1. The highest BCUT2D eigenvalue weighted by atomic mass is 16.3. The van der Waals surface area contributed by atoms with Gasteiger partial charge in [0, 0.05) is 18.9 Å². The van der Waals surface area contributed by atoms with Crippen molar-refractivity contribution < 1.29 is 10.2 Å². The Morgan fingerprint density at radius 1 is 1.42 bits per heavy atom. The van der Waals surface area contributed by atoms with E-state index < -0.39 is 12.2 Å². The molecule has 0 aliphatic carbocycles. The minimum Gasteiger partial charge on any atom is -0.392 e. The number of nitrogens with one attached hydrogen (secondary N) is 1. The summed E-state index contributed by atoms with van der Waals surface area (Å²) in [6, 6.07) is 3.21. The summed E-state index contributed by atoms with van der Waals surface area (Å²) in [6.07, 6.45) is 3.18. The van der Waals surface area contributed by atoms with Crippen molar-refractivity contribution in [3.8, 4) is 23.2 Å². The van der Waals surface area contributed by atoms with Crippen LogP contribution in [0.2, 0.25) is 0 Å². The van der Waals surface area contributed by atoms with Gasteiger partial charge in [0.05, 0.1) is 12.0 Å². The highest BCUT2D eigenvalue weighted by molar-refractivity contribution is 5.86. The zero-order valence-electron chi connectivity index (χ0n) is 14.4. The predicted molar refractivity (Wildman–Crippen MR) is 98.3 cm³/mol. The third-order valence-electron chi connectivity index (χ3n) is 3.97. The fourth-order valence-electron chi connectivity index (χ4n) is 2.59. The number of imidazole rings is 1. The Labute approximate surface area is 149 Å². The largest absolute Gasteiger partial charge is 0.392 e. The third kappa shape index (κ3) is 3.06. The van der Waals surface area contributed by atoms with Gasteiger partial charge in [0.2, 0.25) is 5.43 Å². The molecule has 0 saturated heterocycles. The lowest BCUT2D eigenvalue weighted by Gasteiger charge is -2.15. The third-order valence-corrected chi connectivity index (χ3v) is 3.97. The van der Waals surface area contributed by atoms with Gasteiger partial charge in [-0.3, -0.25) is 4.79 Å². The predicted octanol–water partition coefficient (Wildman–Crippen LogP) is 0.484. The Morgan fingerprint density at radius 2 is 2.19 bits per heavy atom. The molecule has 5 N–H and O–H groups in total. The number of nitrogen functional groups attached to an aromatic ring is 1. The Hall–Kier alpha value is -3.15. The summed E-state index contributed by atoms with van der Waals surface area (Å²) in [7, 11) is 0. The number of pyridine rings is 2. The second-order valence-corrected chi connectivity index (χ2v) is 6.02. The molecule has 0 radical (unpaired) electrons. The molecule has 1 unspecified atom stereocenters. The minimum absolute atomic E-state index is 0.264. The fraction of sp³-hybridized carbons (Fsp3) is 0.278. The number of aromatic amines is 1. The number of rotatable bonds is 3. The van der Waals surface area contributed by atoms with Gasteiger partial charge in [0.1, 0.15) is 34.1 Å². The average molecular weight is 353 g/mol. The summed E-state index contributed by atoms with van der Waals surface area (Å²) in [4.78, 5) is 24.3. The van der Waals surface area contributed by atoms with Crippen molar-refractivity contribution in [3.05, 3.63) is 40.4 Å². The summed E-state index contributed by atoms with van der Waals surface area (Å²) >= 11 is 0. The Kier molecular flexibility index (Phi) is 4.50. The molecule has 134 valence electrons. The van der Waals surface area contributed by atoms with Crippen LogP contribution >= 0.6 is 0 Å². The van der Waals surface area contributed by atoms with Crippen LogP contribution in [0.1, 0.15) is 19.5 Å². The van der Waals surface area contributed by atoms with Crippen LogP contribution in [0, 0.1) is 11.8 Å². The van der Waals surface area contributed by atoms with Gasteiger partial charge in [-0.15, -0.1) is 0 Å². The molecule has 3 rings (SSSR count). The monoisotopic (exact) mass is 353 g/mol. The quantitative estimate of drug-likeness (QED) is 0.507. The van der Waals surface area contributed by atoms with E-state index in [1.54, 1.807) is 29.1 Å². The number of hydrogen-bond donors (Lipinski definition) is 4. The van der Waals surface area contributed by atoms with E-state index in [4.69, 9.17) is 10.8 Å². The lowest BCUT2D eigenvalue weighted by Crippen LogP contribution is -2.26. The highest BCUT2D eigenvalue weighted by Gasteiger charge is 2.19. The standard InChI is InChI=1S/C18H19N5O3/c1-3-23-15(19)13(16-20-8-9-21-16)14(25)12-5-4-11(22-17(12)23)6-7-18(2,26)10-24/h4-5,8-9,24,26H,3,10,19H2,1-2H3,(H,20,21). The molecule has 26 heavy (non-hydrogen) atoms. The lowest BCUT2D eigenvalue weighted by molar-refractivity contribution is 0.0518. The molecule has 0 bridgehead atoms. The van der Waals surface area contributed by atoms with Gasteiger partial charge in [0.15, 0.2) is 0 Å². The maximum absolute atomic E-state index is 12.9. The minimum atomic E-state index is -1.52. The molecule has 0 saturated carbocycles. The van der Waals surface area contributed by atoms with Crippen LogP contribution in [-0.2, 0) is 6.54 Å². The van der Waals surface area contributed by atoms with E-state index >= 15 is 0 Å². The molecule has 0 aromatic carbocycles. The van der Waals surface area contributed by atoms with Crippen molar-refractivity contribution in [2.75, 3.05) is 12.3 Å². The second kappa shape index (κ2) is 6.63. The van der Waals surface area contributed by atoms with Crippen LogP contribution in [0.3, 0.4) is 0 Å². The number of aliphatic hydroxyl groups excluding tert-OH is 1. The Balaban J connectivity index is 2.26. The van der Waals surface area contributed by atoms with E-state index in [-0.39, 0.29) is 11.2 Å². The van der Waals surface area contributed by atoms with Crippen LogP contribution in [0.25, 0.3) is 22.4 Å². The van der Waals surface area contributed by atoms with Crippen LogP contribution in [0.15, 0.2) is 29.3 Å². The highest BCUT2D eigenvalue weighted by Crippen LogP contribution is 2.23. The van der Waals surface area contributed by atoms with E-state index in [1.807, 2.05) is 6.92 Å². The average Bonchev–Trinajstić information content (AvgIpc) is 3.14. The van der Waals surface area contributed by atoms with Gasteiger partial charge in [-0.25, -0.2) is 9.97 Å². The molecule has 3 heterocycles. The number of nitrogens with two attached hydrogens (primary N) is 1. The van der Waals surface area contributed by atoms with Gasteiger partial charge >= 0.3 is 0 Å². The summed E-state index contributed by atoms with van der Waals surface area (Å²) in [5.41, 5.74) is 5.49. The van der Waals surface area contributed by atoms with Gasteiger partial charge in [-0.05, 0) is 31.9 Å². The van der Waals surface area contributed by atoms with Gasteiger partial charge in [0.25, 0.3) is 0 Å². The molecule has 1 atom stereocenters. The Bertz CT molecular complexity index is 1070. The van der Waals surface area contributed by atoms with Crippen LogP contribution in [0.4, 0.5) is 5.82 Å². The second-order valence-electron chi connectivity index (χ2n) is 6.02. The van der Waals surface area contributed by atoms with Crippen molar-refractivity contribution in [2.45, 2.75) is 26.0 Å². The molecule has 0 amide bonds. The van der Waals surface area contributed by atoms with E-state index in [9.17, 15) is 9.90 Å². The number of aromatic nitrogens is 4. The number of anilines is 1. The first-order valence-electron chi connectivity index (χ1n) is 8.07. The van der Waals surface area contributed by atoms with E-state index in [1.165, 1.54) is 6.92 Å². The number of fused-ring (bicyclic) bond motifs is 1. The maximum Gasteiger partial charge on any atom is 0.204 e. The molecule has 8 heteroatoms. The zero-order chi connectivity index (χ0) is 18.9. The first-order chi connectivity index (χ1) is 12.4. The lowest BCUT2D eigenvalue weighted by atomic mass is 10.1. The molecular formula is C18H19N5O3. The van der Waals surface area contributed by atoms with E-state index in [0.717, 1.165) is 0 Å². The summed E-state index contributed by atoms with van der Waals surface area (Å²) in [6.45, 7) is 3.29. The number of aryl methyl sites for hydroxylation is 1. The molecule has 0 spiro atoms. The number of hydrogen-bond acceptors (Lipinski definition) is 6. The van der Waals surface area contributed by atoms with Gasteiger partial charge < -0.3 is 25.5 Å². The van der Waals surface area contributed by atoms with E-state index in [2.05, 4.69) is 26.8 Å². The summed E-state index contributed by atoms with van der Waals surface area (Å²) in [5.74, 6) is 5.93. The summed E-state index contributed by atoms with van der Waals surface area (Å²) in [5, 5.41) is 19.3. The molecule has 0 aliphatic rings. The zero-order valence-corrected chi connectivity index (χ0v) is 14.4. The Morgan fingerprint density at radius 3 is 2.81 bits per heavy atom. The normalized spacial score (nSPS) is 13.2. The van der Waals surface area contributed by atoms with Crippen molar-refractivity contribution in [3.63, 3.8) is 0 Å². The fourth-order valence-corrected chi connectivity index (χ4v) is 2.59. The maximum atomic E-state index is 12.9. The van der Waals surface area contributed by atoms with Gasteiger partial charge in [-0.1, -0.05) is 5.92 Å². The number of nitrogens with zero attached hydrogens (tertiary/aromatic N) is 3. The number of aliphatic hydroxyl groups is 2. The van der Waals surface area contributed by atoms with Gasteiger partial charge in [-0.2, -0.15) is 0 Å². The SMILES string of the molecule is CCn1c(N)c(-c2ncc[nH]2)c(=O)c2ccc(C#CC(C)(O)CO)nc21. The molecule has 0 fully saturated rings. The molecule has 8 nitrogen and oxygen atoms in total. The topological polar surface area (TPSA) is 130 Å². The van der Waals surface area contributed by atoms with Crippen molar-refractivity contribution in [1.82, 2.24) is 19.5 Å². The van der Waals surface area contributed by atoms with Crippen LogP contribution < -0.4 is 11.2 Å². The smallest absolute Gasteiger partial charge is 0.204 e. The van der Waals surface area contributed by atoms with Crippen LogP contribution in [0.5, 0.6) is 0 Å². The van der Waals surface area contributed by atoms with Crippen molar-refractivity contribution in [2.24, 2.45) is 0 Å². The summed E-state index contributed by atoms with van der Waals surface area (Å²) < 4.78 is 1.71. The first kappa shape index (κ1) is 17.7. The molecular weight excluding hydrogens is 334 g/mol. The molecule has 0 aliphatic heterocycles. The molecule has 3 aromatic heterocycles. The van der Waals surface area contributed by atoms with Crippen molar-refractivity contribution in [1.29, 1.82) is 0 Å². The van der Waals surface area contributed by atoms with E-state index in [0.29, 0.717) is 34.7 Å². The van der Waals surface area contributed by atoms with Crippen LogP contribution in [-0.4, -0.2) is 41.9 Å². The molecule has 3 aromatic rings. The van der Waals surface area contributed by atoms with Crippen molar-refractivity contribution >= 4 is 16.9 Å². The first-order valence-corrected chi connectivity index (χ1v) is 8.07.